The second kappa shape index (κ2) is 8.15. The Morgan fingerprint density at radius 3 is 2.30 bits per heavy atom. The second-order valence-corrected chi connectivity index (χ2v) is 8.82. The Kier molecular flexibility index (Phi) is 6.34. The van der Waals surface area contributed by atoms with Crippen molar-refractivity contribution in [3.63, 3.8) is 0 Å². The van der Waals surface area contributed by atoms with Gasteiger partial charge in [-0.1, -0.05) is 18.2 Å². The van der Waals surface area contributed by atoms with Crippen molar-refractivity contribution >= 4 is 33.3 Å². The van der Waals surface area contributed by atoms with Gasteiger partial charge in [-0.2, -0.15) is 4.31 Å². The molecule has 0 aliphatic carbocycles. The van der Waals surface area contributed by atoms with Gasteiger partial charge in [-0.25, -0.2) is 22.4 Å². The van der Waals surface area contributed by atoms with E-state index in [2.05, 4.69) is 9.47 Å². The minimum Gasteiger partial charge on any atom is -0.465 e. The van der Waals surface area contributed by atoms with E-state index in [0.29, 0.717) is 11.3 Å². The number of benzene rings is 1. The van der Waals surface area contributed by atoms with Crippen LogP contribution in [0.4, 0.5) is 4.39 Å². The lowest BCUT2D eigenvalue weighted by atomic mass is 10.2. The minimum atomic E-state index is -4.21. The maximum atomic E-state index is 13.9. The van der Waals surface area contributed by atoms with Crippen molar-refractivity contribution in [3.8, 4) is 0 Å². The first kappa shape index (κ1) is 21.0. The molecule has 0 saturated heterocycles. The minimum absolute atomic E-state index is 0.0178. The van der Waals surface area contributed by atoms with E-state index in [-0.39, 0.29) is 32.3 Å². The molecular formula is C17H18FNO6S2. The number of thiophene rings is 1. The molecule has 0 bridgehead atoms. The van der Waals surface area contributed by atoms with Crippen molar-refractivity contribution in [2.24, 2.45) is 0 Å². The maximum absolute atomic E-state index is 13.9. The summed E-state index contributed by atoms with van der Waals surface area (Å²) in [5.41, 5.74) is 0.0875. The zero-order valence-electron chi connectivity index (χ0n) is 15.1. The van der Waals surface area contributed by atoms with Gasteiger partial charge in [0.2, 0.25) is 0 Å². The van der Waals surface area contributed by atoms with E-state index in [9.17, 15) is 22.4 Å². The van der Waals surface area contributed by atoms with Gasteiger partial charge in [0.25, 0.3) is 10.0 Å². The van der Waals surface area contributed by atoms with E-state index in [1.807, 2.05) is 0 Å². The van der Waals surface area contributed by atoms with Gasteiger partial charge in [-0.15, -0.1) is 11.3 Å². The van der Waals surface area contributed by atoms with Crippen LogP contribution in [-0.4, -0.2) is 45.9 Å². The van der Waals surface area contributed by atoms with Gasteiger partial charge in [0.1, 0.15) is 10.7 Å². The van der Waals surface area contributed by atoms with E-state index in [4.69, 9.17) is 0 Å². The van der Waals surface area contributed by atoms with Gasteiger partial charge in [0.05, 0.1) is 19.8 Å². The number of methoxy groups -OCH3 is 2. The number of carbonyl (C=O) groups is 2. The third-order valence-corrected chi connectivity index (χ3v) is 7.44. The third-order valence-electron chi connectivity index (χ3n) is 3.87. The van der Waals surface area contributed by atoms with Gasteiger partial charge in [0, 0.05) is 19.2 Å². The number of hydrogen-bond acceptors (Lipinski definition) is 7. The van der Waals surface area contributed by atoms with Crippen LogP contribution in [0.1, 0.15) is 31.2 Å². The number of sulfonamides is 1. The molecule has 0 fully saturated rings. The highest BCUT2D eigenvalue weighted by atomic mass is 32.2. The smallest absolute Gasteiger partial charge is 0.348 e. The lowest BCUT2D eigenvalue weighted by Crippen LogP contribution is -2.27. The Morgan fingerprint density at radius 1 is 1.15 bits per heavy atom. The molecule has 0 amide bonds. The number of rotatable bonds is 6. The van der Waals surface area contributed by atoms with Crippen molar-refractivity contribution in [2.45, 2.75) is 17.7 Å². The highest BCUT2D eigenvalue weighted by Crippen LogP contribution is 2.35. The number of halogens is 1. The fourth-order valence-corrected chi connectivity index (χ4v) is 5.47. The Labute approximate surface area is 160 Å². The summed E-state index contributed by atoms with van der Waals surface area (Å²) in [6, 6.07) is 5.76. The number of ether oxygens (including phenoxy) is 2. The van der Waals surface area contributed by atoms with Gasteiger partial charge >= 0.3 is 11.9 Å². The van der Waals surface area contributed by atoms with Gasteiger partial charge in [0.15, 0.2) is 4.21 Å². The molecule has 1 heterocycles. The Balaban J connectivity index is 2.55. The first-order valence-corrected chi connectivity index (χ1v) is 9.90. The molecule has 0 aliphatic rings. The first-order valence-electron chi connectivity index (χ1n) is 7.64. The summed E-state index contributed by atoms with van der Waals surface area (Å²) in [4.78, 5) is 24.1. The highest BCUT2D eigenvalue weighted by molar-refractivity contribution is 7.91. The monoisotopic (exact) mass is 415 g/mol. The van der Waals surface area contributed by atoms with Crippen LogP contribution < -0.4 is 0 Å². The van der Waals surface area contributed by atoms with Gasteiger partial charge in [-0.3, -0.25) is 0 Å². The van der Waals surface area contributed by atoms with Crippen LogP contribution in [0.15, 0.2) is 28.5 Å². The van der Waals surface area contributed by atoms with Crippen molar-refractivity contribution in [1.29, 1.82) is 0 Å². The molecule has 146 valence electrons. The molecule has 7 nitrogen and oxygen atoms in total. The van der Waals surface area contributed by atoms with Crippen molar-refractivity contribution in [1.82, 2.24) is 4.31 Å². The standard InChI is InChI=1S/C17H18FNO6S2/c1-10-13(15(20)24-3)17(26-14(10)16(21)25-4)27(22,23)19(2)9-11-7-5-6-8-12(11)18/h5-8H,9H2,1-4H3. The lowest BCUT2D eigenvalue weighted by molar-refractivity contribution is 0.0596. The van der Waals surface area contributed by atoms with E-state index in [0.717, 1.165) is 18.5 Å². The van der Waals surface area contributed by atoms with E-state index >= 15 is 0 Å². The normalized spacial score (nSPS) is 11.5. The summed E-state index contributed by atoms with van der Waals surface area (Å²) in [6.45, 7) is 1.19. The van der Waals surface area contributed by atoms with Crippen LogP contribution in [0.3, 0.4) is 0 Å². The summed E-state index contributed by atoms with van der Waals surface area (Å²) in [7, 11) is -0.688. The number of carbonyl (C=O) groups excluding carboxylic acids is 2. The molecule has 0 atom stereocenters. The Morgan fingerprint density at radius 2 is 1.74 bits per heavy atom. The fraction of sp³-hybridized carbons (Fsp3) is 0.294. The summed E-state index contributed by atoms with van der Waals surface area (Å²) < 4.78 is 49.8. The molecule has 0 radical (unpaired) electrons. The predicted molar refractivity (Wildman–Crippen MR) is 96.8 cm³/mol. The van der Waals surface area contributed by atoms with Crippen molar-refractivity contribution in [2.75, 3.05) is 21.3 Å². The van der Waals surface area contributed by atoms with Crippen LogP contribution >= 0.6 is 11.3 Å². The van der Waals surface area contributed by atoms with Gasteiger partial charge in [-0.05, 0) is 18.6 Å². The molecule has 2 aromatic rings. The summed E-state index contributed by atoms with van der Waals surface area (Å²) in [6.07, 6.45) is 0. The van der Waals surface area contributed by atoms with Crippen molar-refractivity contribution < 1.29 is 31.9 Å². The lowest BCUT2D eigenvalue weighted by Gasteiger charge is -2.17. The molecular weight excluding hydrogens is 397 g/mol. The van der Waals surface area contributed by atoms with Crippen LogP contribution in [0, 0.1) is 12.7 Å². The van der Waals surface area contributed by atoms with E-state index in [1.165, 1.54) is 32.2 Å². The molecule has 0 N–H and O–H groups in total. The molecule has 1 aromatic carbocycles. The van der Waals surface area contributed by atoms with Crippen LogP contribution in [-0.2, 0) is 26.0 Å². The molecule has 10 heteroatoms. The zero-order chi connectivity index (χ0) is 20.4. The number of nitrogens with zero attached hydrogens (tertiary/aromatic N) is 1. The third kappa shape index (κ3) is 4.02. The average Bonchev–Trinajstić information content (AvgIpc) is 3.00. The Hall–Kier alpha value is -2.30. The fourth-order valence-electron chi connectivity index (χ4n) is 2.39. The van der Waals surface area contributed by atoms with Gasteiger partial charge < -0.3 is 9.47 Å². The molecule has 0 unspecified atom stereocenters. The number of hydrogen-bond donors (Lipinski definition) is 0. The summed E-state index contributed by atoms with van der Waals surface area (Å²) >= 11 is 0.614. The number of esters is 2. The quantitative estimate of drug-likeness (QED) is 0.674. The second-order valence-electron chi connectivity index (χ2n) is 5.55. The summed E-state index contributed by atoms with van der Waals surface area (Å²) in [5.74, 6) is -2.21. The topological polar surface area (TPSA) is 90.0 Å². The molecule has 0 spiro atoms. The van der Waals surface area contributed by atoms with Crippen LogP contribution in [0.5, 0.6) is 0 Å². The molecule has 0 saturated carbocycles. The van der Waals surface area contributed by atoms with E-state index < -0.39 is 27.8 Å². The Bertz CT molecular complexity index is 983. The van der Waals surface area contributed by atoms with Crippen LogP contribution in [0.2, 0.25) is 0 Å². The predicted octanol–water partition coefficient (Wildman–Crippen LogP) is 2.59. The largest absolute Gasteiger partial charge is 0.465 e. The molecule has 2 rings (SSSR count). The van der Waals surface area contributed by atoms with E-state index in [1.54, 1.807) is 6.07 Å². The molecule has 1 aromatic heterocycles. The maximum Gasteiger partial charge on any atom is 0.348 e. The first-order chi connectivity index (χ1) is 12.6. The summed E-state index contributed by atoms with van der Waals surface area (Å²) in [5, 5.41) is 0. The SMILES string of the molecule is COC(=O)c1sc(S(=O)(=O)N(C)Cc2ccccc2F)c(C(=O)OC)c1C. The average molecular weight is 415 g/mol. The molecule has 27 heavy (non-hydrogen) atoms. The highest BCUT2D eigenvalue weighted by Gasteiger charge is 2.35. The zero-order valence-corrected chi connectivity index (χ0v) is 16.7. The van der Waals surface area contributed by atoms with Crippen molar-refractivity contribution in [3.05, 3.63) is 51.7 Å². The van der Waals surface area contributed by atoms with Crippen LogP contribution in [0.25, 0.3) is 0 Å². The molecule has 0 aliphatic heterocycles.